The van der Waals surface area contributed by atoms with Gasteiger partial charge in [0.15, 0.2) is 0 Å². The van der Waals surface area contributed by atoms with E-state index < -0.39 is 6.04 Å². The molecule has 1 unspecified atom stereocenters. The number of carbonyl (C=O) groups is 1. The van der Waals surface area contributed by atoms with Gasteiger partial charge >= 0.3 is 0 Å². The maximum absolute atomic E-state index is 13.2. The number of anilines is 2. The molecule has 5 heteroatoms. The van der Waals surface area contributed by atoms with Crippen LogP contribution < -0.4 is 15.4 Å². The molecule has 0 radical (unpaired) electrons. The van der Waals surface area contributed by atoms with Gasteiger partial charge in [0.1, 0.15) is 11.8 Å². The van der Waals surface area contributed by atoms with Crippen LogP contribution in [0.2, 0.25) is 0 Å². The smallest absolute Gasteiger partial charge is 0.251 e. The first-order valence-electron chi connectivity index (χ1n) is 9.07. The van der Waals surface area contributed by atoms with E-state index in [4.69, 9.17) is 4.74 Å². The van der Waals surface area contributed by atoms with Gasteiger partial charge in [-0.3, -0.25) is 4.79 Å². The lowest BCUT2D eigenvalue weighted by molar-refractivity contribution is -0.117. The van der Waals surface area contributed by atoms with E-state index in [1.165, 1.54) is 0 Å². The summed E-state index contributed by atoms with van der Waals surface area (Å²) in [6.07, 6.45) is 0. The Balaban J connectivity index is 1.90. The van der Waals surface area contributed by atoms with Gasteiger partial charge in [-0.05, 0) is 47.9 Å². The molecule has 3 aromatic carbocycles. The highest BCUT2D eigenvalue weighted by Gasteiger charge is 2.22. The van der Waals surface area contributed by atoms with Gasteiger partial charge < -0.3 is 20.5 Å². The zero-order chi connectivity index (χ0) is 19.9. The standard InChI is InChI=1S/C23H24N2O3/c1-16-11-12-21(28-2)20(13-16)25-23(27)22(18-8-4-3-5-9-18)24-19-10-6-7-17(14-19)15-26/h3-14,22,24,26H,15H2,1-2H3,(H,25,27). The highest BCUT2D eigenvalue weighted by Crippen LogP contribution is 2.28. The van der Waals surface area contributed by atoms with Crippen molar-refractivity contribution in [1.29, 1.82) is 0 Å². The molecule has 144 valence electrons. The summed E-state index contributed by atoms with van der Waals surface area (Å²) in [5, 5.41) is 15.6. The quantitative estimate of drug-likeness (QED) is 0.575. The molecule has 0 aromatic heterocycles. The van der Waals surface area contributed by atoms with Gasteiger partial charge in [-0.25, -0.2) is 0 Å². The van der Waals surface area contributed by atoms with Crippen molar-refractivity contribution in [3.63, 3.8) is 0 Å². The Morgan fingerprint density at radius 2 is 1.82 bits per heavy atom. The number of rotatable bonds is 7. The SMILES string of the molecule is COc1ccc(C)cc1NC(=O)C(Nc1cccc(CO)c1)c1ccccc1. The number of carbonyl (C=O) groups excluding carboxylic acids is 1. The Labute approximate surface area is 165 Å². The van der Waals surface area contributed by atoms with Gasteiger partial charge in [0.05, 0.1) is 19.4 Å². The third-order valence-electron chi connectivity index (χ3n) is 4.43. The van der Waals surface area contributed by atoms with Crippen LogP contribution in [0.25, 0.3) is 0 Å². The summed E-state index contributed by atoms with van der Waals surface area (Å²) in [6.45, 7) is 1.90. The molecule has 0 aliphatic carbocycles. The van der Waals surface area contributed by atoms with Crippen molar-refractivity contribution in [2.45, 2.75) is 19.6 Å². The van der Waals surface area contributed by atoms with E-state index in [2.05, 4.69) is 10.6 Å². The van der Waals surface area contributed by atoms with Crippen molar-refractivity contribution in [3.8, 4) is 5.75 Å². The van der Waals surface area contributed by atoms with E-state index in [9.17, 15) is 9.90 Å². The maximum Gasteiger partial charge on any atom is 0.251 e. The van der Waals surface area contributed by atoms with Crippen molar-refractivity contribution in [2.75, 3.05) is 17.7 Å². The summed E-state index contributed by atoms with van der Waals surface area (Å²) >= 11 is 0. The third kappa shape index (κ3) is 4.69. The first kappa shape index (κ1) is 19.5. The number of aliphatic hydroxyl groups is 1. The number of nitrogens with one attached hydrogen (secondary N) is 2. The fourth-order valence-corrected chi connectivity index (χ4v) is 3.00. The number of hydrogen-bond donors (Lipinski definition) is 3. The van der Waals surface area contributed by atoms with Gasteiger partial charge in [-0.1, -0.05) is 48.5 Å². The van der Waals surface area contributed by atoms with Gasteiger partial charge in [-0.15, -0.1) is 0 Å². The third-order valence-corrected chi connectivity index (χ3v) is 4.43. The van der Waals surface area contributed by atoms with Crippen LogP contribution in [0.4, 0.5) is 11.4 Å². The molecule has 28 heavy (non-hydrogen) atoms. The molecule has 0 aliphatic rings. The van der Waals surface area contributed by atoms with Crippen LogP contribution in [0.3, 0.4) is 0 Å². The molecule has 3 aromatic rings. The molecule has 3 rings (SSSR count). The fraction of sp³-hybridized carbons (Fsp3) is 0.174. The highest BCUT2D eigenvalue weighted by atomic mass is 16.5. The van der Waals surface area contributed by atoms with E-state index in [1.807, 2.05) is 79.7 Å². The van der Waals surface area contributed by atoms with Gasteiger partial charge in [0.25, 0.3) is 5.91 Å². The van der Waals surface area contributed by atoms with Gasteiger partial charge in [0, 0.05) is 5.69 Å². The van der Waals surface area contributed by atoms with Gasteiger partial charge in [0.2, 0.25) is 0 Å². The Kier molecular flexibility index (Phi) is 6.29. The van der Waals surface area contributed by atoms with Crippen LogP contribution in [-0.2, 0) is 11.4 Å². The summed E-state index contributed by atoms with van der Waals surface area (Å²) in [7, 11) is 1.58. The topological polar surface area (TPSA) is 70.6 Å². The van der Waals surface area contributed by atoms with Gasteiger partial charge in [-0.2, -0.15) is 0 Å². The number of ether oxygens (including phenoxy) is 1. The zero-order valence-corrected chi connectivity index (χ0v) is 16.0. The zero-order valence-electron chi connectivity index (χ0n) is 16.0. The molecule has 0 aliphatic heterocycles. The lowest BCUT2D eigenvalue weighted by Gasteiger charge is -2.21. The molecule has 0 spiro atoms. The molecular weight excluding hydrogens is 352 g/mol. The molecule has 3 N–H and O–H groups in total. The minimum atomic E-state index is -0.611. The number of aliphatic hydroxyl groups excluding tert-OH is 1. The Morgan fingerprint density at radius 1 is 1.04 bits per heavy atom. The maximum atomic E-state index is 13.2. The second-order valence-corrected chi connectivity index (χ2v) is 6.54. The molecule has 0 saturated carbocycles. The van der Waals surface area contributed by atoms with Crippen LogP contribution in [0.1, 0.15) is 22.7 Å². The normalized spacial score (nSPS) is 11.5. The lowest BCUT2D eigenvalue weighted by atomic mass is 10.0. The number of benzene rings is 3. The predicted octanol–water partition coefficient (Wildman–Crippen LogP) is 4.29. The second-order valence-electron chi connectivity index (χ2n) is 6.54. The first-order chi connectivity index (χ1) is 13.6. The Morgan fingerprint density at radius 3 is 2.54 bits per heavy atom. The molecule has 5 nitrogen and oxygen atoms in total. The highest BCUT2D eigenvalue weighted by molar-refractivity contribution is 5.98. The Bertz CT molecular complexity index is 942. The van der Waals surface area contributed by atoms with E-state index in [0.717, 1.165) is 22.4 Å². The lowest BCUT2D eigenvalue weighted by Crippen LogP contribution is -2.27. The molecule has 1 atom stereocenters. The average Bonchev–Trinajstić information content (AvgIpc) is 2.73. The van der Waals surface area contributed by atoms with Crippen LogP contribution in [0.5, 0.6) is 5.75 Å². The number of methoxy groups -OCH3 is 1. The number of aryl methyl sites for hydroxylation is 1. The summed E-state index contributed by atoms with van der Waals surface area (Å²) in [5.41, 5.74) is 4.01. The molecule has 0 bridgehead atoms. The summed E-state index contributed by atoms with van der Waals surface area (Å²) in [6, 6.07) is 21.9. The summed E-state index contributed by atoms with van der Waals surface area (Å²) in [4.78, 5) is 13.2. The van der Waals surface area contributed by atoms with Crippen LogP contribution in [-0.4, -0.2) is 18.1 Å². The monoisotopic (exact) mass is 376 g/mol. The number of amides is 1. The summed E-state index contributed by atoms with van der Waals surface area (Å²) < 4.78 is 5.37. The van der Waals surface area contributed by atoms with Crippen molar-refractivity contribution < 1.29 is 14.6 Å². The minimum absolute atomic E-state index is 0.0573. The van der Waals surface area contributed by atoms with Crippen LogP contribution in [0.15, 0.2) is 72.8 Å². The van der Waals surface area contributed by atoms with E-state index >= 15 is 0 Å². The van der Waals surface area contributed by atoms with E-state index in [-0.39, 0.29) is 12.5 Å². The molecular formula is C23H24N2O3. The van der Waals surface area contributed by atoms with E-state index in [0.29, 0.717) is 11.4 Å². The van der Waals surface area contributed by atoms with Crippen molar-refractivity contribution >= 4 is 17.3 Å². The minimum Gasteiger partial charge on any atom is -0.495 e. The largest absolute Gasteiger partial charge is 0.495 e. The second kappa shape index (κ2) is 9.06. The van der Waals surface area contributed by atoms with Crippen LogP contribution in [0, 0.1) is 6.92 Å². The molecule has 0 saturated heterocycles. The average molecular weight is 376 g/mol. The molecule has 0 fully saturated rings. The number of hydrogen-bond acceptors (Lipinski definition) is 4. The Hall–Kier alpha value is -3.31. The van der Waals surface area contributed by atoms with Crippen molar-refractivity contribution in [3.05, 3.63) is 89.5 Å². The predicted molar refractivity (Wildman–Crippen MR) is 112 cm³/mol. The van der Waals surface area contributed by atoms with Crippen LogP contribution >= 0.6 is 0 Å². The summed E-state index contributed by atoms with van der Waals surface area (Å²) in [5.74, 6) is 0.401. The van der Waals surface area contributed by atoms with Crippen molar-refractivity contribution in [2.24, 2.45) is 0 Å². The van der Waals surface area contributed by atoms with Crippen molar-refractivity contribution in [1.82, 2.24) is 0 Å². The fourth-order valence-electron chi connectivity index (χ4n) is 3.00. The van der Waals surface area contributed by atoms with E-state index in [1.54, 1.807) is 7.11 Å². The molecule has 1 amide bonds. The first-order valence-corrected chi connectivity index (χ1v) is 9.07. The molecule has 0 heterocycles.